The number of ether oxygens (including phenoxy) is 1. The Hall–Kier alpha value is -3.34. The summed E-state index contributed by atoms with van der Waals surface area (Å²) in [5, 5.41) is 23.9. The van der Waals surface area contributed by atoms with Gasteiger partial charge < -0.3 is 19.4 Å². The Labute approximate surface area is 168 Å². The van der Waals surface area contributed by atoms with Gasteiger partial charge in [-0.1, -0.05) is 42.5 Å². The van der Waals surface area contributed by atoms with Gasteiger partial charge in [-0.2, -0.15) is 0 Å². The Morgan fingerprint density at radius 1 is 0.724 bits per heavy atom. The van der Waals surface area contributed by atoms with Crippen molar-refractivity contribution >= 4 is 27.2 Å². The fraction of sp³-hybridized carbons (Fsp3) is 0.120. The maximum atomic E-state index is 10.3. The number of rotatable bonds is 4. The van der Waals surface area contributed by atoms with Crippen molar-refractivity contribution in [3.05, 3.63) is 83.9 Å². The van der Waals surface area contributed by atoms with Gasteiger partial charge in [-0.3, -0.25) is 0 Å². The molecule has 0 aliphatic carbocycles. The van der Waals surface area contributed by atoms with Crippen molar-refractivity contribution in [2.24, 2.45) is 0 Å². The summed E-state index contributed by atoms with van der Waals surface area (Å²) in [6.45, 7) is -0.292. The summed E-state index contributed by atoms with van der Waals surface area (Å²) in [5.74, 6) is 0.776. The maximum Gasteiger partial charge on any atom is 0.118 e. The third-order valence-electron chi connectivity index (χ3n) is 5.68. The molecule has 5 aromatic rings. The fourth-order valence-corrected chi connectivity index (χ4v) is 4.41. The van der Waals surface area contributed by atoms with Gasteiger partial charge in [0.1, 0.15) is 5.75 Å². The van der Waals surface area contributed by atoms with Crippen molar-refractivity contribution in [3.8, 4) is 17.0 Å². The van der Waals surface area contributed by atoms with E-state index in [1.54, 1.807) is 7.11 Å². The SMILES string of the molecule is COc1ccc(-c2c(CO)c(CO)c3c4ccccc4c4ccccc4n23)cc1. The predicted octanol–water partition coefficient (Wildman–Crippen LogP) is 4.91. The molecule has 0 aliphatic heterocycles. The van der Waals surface area contributed by atoms with Gasteiger partial charge in [0.2, 0.25) is 0 Å². The van der Waals surface area contributed by atoms with E-state index in [0.717, 1.165) is 55.3 Å². The van der Waals surface area contributed by atoms with Gasteiger partial charge in [-0.25, -0.2) is 0 Å². The van der Waals surface area contributed by atoms with Gasteiger partial charge in [0.15, 0.2) is 0 Å². The number of pyridine rings is 1. The first-order valence-electron chi connectivity index (χ1n) is 9.60. The molecule has 29 heavy (non-hydrogen) atoms. The second-order valence-electron chi connectivity index (χ2n) is 7.10. The third-order valence-corrected chi connectivity index (χ3v) is 5.68. The van der Waals surface area contributed by atoms with E-state index in [0.29, 0.717) is 0 Å². The van der Waals surface area contributed by atoms with E-state index in [2.05, 4.69) is 28.7 Å². The number of methoxy groups -OCH3 is 1. The topological polar surface area (TPSA) is 54.1 Å². The maximum absolute atomic E-state index is 10.3. The number of nitrogens with zero attached hydrogens (tertiary/aromatic N) is 1. The first-order chi connectivity index (χ1) is 14.3. The third kappa shape index (κ3) is 2.54. The Morgan fingerprint density at radius 2 is 1.34 bits per heavy atom. The molecule has 0 radical (unpaired) electrons. The Morgan fingerprint density at radius 3 is 2.00 bits per heavy atom. The lowest BCUT2D eigenvalue weighted by atomic mass is 10.0. The number of aromatic nitrogens is 1. The number of benzene rings is 3. The van der Waals surface area contributed by atoms with Crippen molar-refractivity contribution in [2.75, 3.05) is 7.11 Å². The molecule has 2 aromatic heterocycles. The minimum Gasteiger partial charge on any atom is -0.497 e. The van der Waals surface area contributed by atoms with Gasteiger partial charge in [0, 0.05) is 21.9 Å². The minimum absolute atomic E-state index is 0.141. The van der Waals surface area contributed by atoms with Crippen LogP contribution >= 0.6 is 0 Å². The van der Waals surface area contributed by atoms with Crippen LogP contribution in [-0.4, -0.2) is 21.7 Å². The summed E-state index contributed by atoms with van der Waals surface area (Å²) in [7, 11) is 1.64. The van der Waals surface area contributed by atoms with Crippen LogP contribution < -0.4 is 4.74 Å². The number of para-hydroxylation sites is 1. The summed E-state index contributed by atoms with van der Waals surface area (Å²) in [6, 6.07) is 24.3. The number of aliphatic hydroxyl groups excluding tert-OH is 2. The first kappa shape index (κ1) is 17.7. The van der Waals surface area contributed by atoms with Gasteiger partial charge >= 0.3 is 0 Å². The van der Waals surface area contributed by atoms with Crippen LogP contribution in [0.25, 0.3) is 38.4 Å². The zero-order valence-electron chi connectivity index (χ0n) is 16.1. The van der Waals surface area contributed by atoms with E-state index < -0.39 is 0 Å². The number of fused-ring (bicyclic) bond motifs is 6. The van der Waals surface area contributed by atoms with Crippen LogP contribution in [-0.2, 0) is 13.2 Å². The van der Waals surface area contributed by atoms with Crippen molar-refractivity contribution in [3.63, 3.8) is 0 Å². The van der Waals surface area contributed by atoms with Crippen LogP contribution in [0.3, 0.4) is 0 Å². The molecule has 0 bridgehead atoms. The summed E-state index contributed by atoms with van der Waals surface area (Å²) in [5.41, 5.74) is 5.36. The molecule has 0 saturated carbocycles. The second kappa shape index (κ2) is 6.92. The molecule has 0 unspecified atom stereocenters. The second-order valence-corrected chi connectivity index (χ2v) is 7.10. The molecule has 144 valence electrons. The molecule has 4 heteroatoms. The summed E-state index contributed by atoms with van der Waals surface area (Å²) < 4.78 is 7.48. The number of hydrogen-bond donors (Lipinski definition) is 2. The van der Waals surface area contributed by atoms with E-state index >= 15 is 0 Å². The number of aliphatic hydroxyl groups is 2. The average Bonchev–Trinajstić information content (AvgIpc) is 3.14. The molecule has 3 aromatic carbocycles. The molecule has 0 amide bonds. The van der Waals surface area contributed by atoms with E-state index in [1.165, 1.54) is 0 Å². The fourth-order valence-electron chi connectivity index (χ4n) is 4.41. The quantitative estimate of drug-likeness (QED) is 0.434. The normalized spacial score (nSPS) is 11.6. The highest BCUT2D eigenvalue weighted by Crippen LogP contribution is 2.40. The van der Waals surface area contributed by atoms with Crippen molar-refractivity contribution in [2.45, 2.75) is 13.2 Å². The highest BCUT2D eigenvalue weighted by Gasteiger charge is 2.22. The van der Waals surface area contributed by atoms with Gasteiger partial charge in [0.25, 0.3) is 0 Å². The minimum atomic E-state index is -0.151. The van der Waals surface area contributed by atoms with E-state index in [1.807, 2.05) is 48.5 Å². The highest BCUT2D eigenvalue weighted by atomic mass is 16.5. The summed E-state index contributed by atoms with van der Waals surface area (Å²) >= 11 is 0. The van der Waals surface area contributed by atoms with Crippen molar-refractivity contribution < 1.29 is 14.9 Å². The molecule has 0 atom stereocenters. The van der Waals surface area contributed by atoms with Crippen molar-refractivity contribution in [1.29, 1.82) is 0 Å². The molecule has 5 rings (SSSR count). The lowest BCUT2D eigenvalue weighted by molar-refractivity contribution is 0.262. The van der Waals surface area contributed by atoms with Crippen LogP contribution in [0.2, 0.25) is 0 Å². The molecule has 0 fully saturated rings. The van der Waals surface area contributed by atoms with Gasteiger partial charge in [-0.15, -0.1) is 0 Å². The van der Waals surface area contributed by atoms with E-state index in [9.17, 15) is 10.2 Å². The molecular formula is C25H21NO3. The molecular weight excluding hydrogens is 362 g/mol. The van der Waals surface area contributed by atoms with Crippen LogP contribution in [0.1, 0.15) is 11.1 Å². The summed E-state index contributed by atoms with van der Waals surface area (Å²) in [6.07, 6.45) is 0. The summed E-state index contributed by atoms with van der Waals surface area (Å²) in [4.78, 5) is 0. The number of hydrogen-bond acceptors (Lipinski definition) is 3. The Kier molecular flexibility index (Phi) is 4.23. The Balaban J connectivity index is 2.05. The lowest BCUT2D eigenvalue weighted by Crippen LogP contribution is -1.95. The van der Waals surface area contributed by atoms with Crippen LogP contribution in [0, 0.1) is 0 Å². The molecule has 0 spiro atoms. The van der Waals surface area contributed by atoms with Crippen LogP contribution in [0.4, 0.5) is 0 Å². The molecule has 0 aliphatic rings. The standard InChI is InChI=1S/C25H21NO3/c1-29-17-12-10-16(11-13-17)24-21(14-27)22(15-28)25-20-8-3-2-6-18(20)19-7-4-5-9-23(19)26(24)25/h2-13,27-28H,14-15H2,1H3. The Bertz CT molecular complexity index is 1350. The smallest absolute Gasteiger partial charge is 0.118 e. The monoisotopic (exact) mass is 383 g/mol. The largest absolute Gasteiger partial charge is 0.497 e. The first-order valence-corrected chi connectivity index (χ1v) is 9.60. The zero-order chi connectivity index (χ0) is 20.0. The van der Waals surface area contributed by atoms with Crippen molar-refractivity contribution in [1.82, 2.24) is 4.40 Å². The predicted molar refractivity (Wildman–Crippen MR) is 116 cm³/mol. The van der Waals surface area contributed by atoms with E-state index in [-0.39, 0.29) is 13.2 Å². The van der Waals surface area contributed by atoms with E-state index in [4.69, 9.17) is 4.74 Å². The van der Waals surface area contributed by atoms with Gasteiger partial charge in [-0.05, 0) is 41.3 Å². The average molecular weight is 383 g/mol. The molecule has 2 N–H and O–H groups in total. The van der Waals surface area contributed by atoms with Crippen LogP contribution in [0.15, 0.2) is 72.8 Å². The van der Waals surface area contributed by atoms with Crippen LogP contribution in [0.5, 0.6) is 5.75 Å². The van der Waals surface area contributed by atoms with Gasteiger partial charge in [0.05, 0.1) is 37.1 Å². The lowest BCUT2D eigenvalue weighted by Gasteiger charge is -2.13. The molecule has 0 saturated heterocycles. The molecule has 4 nitrogen and oxygen atoms in total. The molecule has 2 heterocycles. The zero-order valence-corrected chi connectivity index (χ0v) is 16.1. The highest BCUT2D eigenvalue weighted by molar-refractivity contribution is 6.14.